The lowest BCUT2D eigenvalue weighted by molar-refractivity contribution is -0.115. The highest BCUT2D eigenvalue weighted by atomic mass is 32.1. The van der Waals surface area contributed by atoms with E-state index in [4.69, 9.17) is 5.26 Å². The number of rotatable bonds is 4. The molecule has 1 aromatic heterocycles. The number of aromatic nitrogens is 1. The lowest BCUT2D eigenvalue weighted by atomic mass is 10.1. The van der Waals surface area contributed by atoms with Crippen LogP contribution in [0.5, 0.6) is 0 Å². The molecule has 24 heavy (non-hydrogen) atoms. The third-order valence-corrected chi connectivity index (χ3v) is 4.49. The van der Waals surface area contributed by atoms with Crippen LogP contribution in [0.15, 0.2) is 54.6 Å². The van der Waals surface area contributed by atoms with Crippen molar-refractivity contribution in [3.05, 3.63) is 60.2 Å². The number of nitrogens with zero attached hydrogens (tertiary/aromatic N) is 2. The van der Waals surface area contributed by atoms with Gasteiger partial charge in [0.05, 0.1) is 16.6 Å². The van der Waals surface area contributed by atoms with Crippen molar-refractivity contribution >= 4 is 22.4 Å². The maximum absolute atomic E-state index is 11.7. The zero-order valence-corrected chi connectivity index (χ0v) is 13.9. The van der Waals surface area contributed by atoms with Crippen LogP contribution in [-0.2, 0) is 4.79 Å². The molecule has 2 aromatic carbocycles. The van der Waals surface area contributed by atoms with E-state index in [-0.39, 0.29) is 12.3 Å². The highest BCUT2D eigenvalue weighted by Crippen LogP contribution is 2.39. The maximum atomic E-state index is 11.7. The van der Waals surface area contributed by atoms with Crippen LogP contribution in [0, 0.1) is 18.3 Å². The average Bonchev–Trinajstić information content (AvgIpc) is 3.00. The summed E-state index contributed by atoms with van der Waals surface area (Å²) < 4.78 is 0. The molecule has 3 aromatic rings. The molecule has 0 aliphatic carbocycles. The number of nitriles is 1. The number of amides is 1. The van der Waals surface area contributed by atoms with Crippen molar-refractivity contribution in [3.8, 4) is 27.8 Å². The molecule has 1 amide bonds. The zero-order valence-electron chi connectivity index (χ0n) is 13.1. The second-order valence-electron chi connectivity index (χ2n) is 5.31. The van der Waals surface area contributed by atoms with Crippen LogP contribution in [0.2, 0.25) is 0 Å². The number of benzene rings is 2. The molecule has 0 atom stereocenters. The molecule has 0 unspecified atom stereocenters. The lowest BCUT2D eigenvalue weighted by Crippen LogP contribution is -2.09. The van der Waals surface area contributed by atoms with Gasteiger partial charge < -0.3 is 5.32 Å². The zero-order chi connectivity index (χ0) is 16.9. The molecule has 0 bridgehead atoms. The fourth-order valence-corrected chi connectivity index (χ4v) is 3.31. The largest absolute Gasteiger partial charge is 0.301 e. The molecule has 1 heterocycles. The molecular weight excluding hydrogens is 318 g/mol. The van der Waals surface area contributed by atoms with E-state index in [1.54, 1.807) is 0 Å². The van der Waals surface area contributed by atoms with E-state index in [1.165, 1.54) is 16.9 Å². The van der Waals surface area contributed by atoms with Crippen molar-refractivity contribution in [2.75, 3.05) is 5.32 Å². The van der Waals surface area contributed by atoms with E-state index in [0.29, 0.717) is 5.13 Å². The summed E-state index contributed by atoms with van der Waals surface area (Å²) in [5.74, 6) is -0.346. The Bertz CT molecular complexity index is 893. The minimum Gasteiger partial charge on any atom is -0.301 e. The number of carbonyl (C=O) groups is 1. The van der Waals surface area contributed by atoms with Gasteiger partial charge in [-0.15, -0.1) is 0 Å². The predicted octanol–water partition coefficient (Wildman–Crippen LogP) is 4.64. The smallest absolute Gasteiger partial charge is 0.240 e. The number of anilines is 1. The third-order valence-electron chi connectivity index (χ3n) is 3.47. The van der Waals surface area contributed by atoms with Gasteiger partial charge in [0.1, 0.15) is 6.42 Å². The number of hydrogen-bond donors (Lipinski definition) is 1. The van der Waals surface area contributed by atoms with Gasteiger partial charge in [0.2, 0.25) is 5.91 Å². The molecule has 0 saturated heterocycles. The minimum atomic E-state index is -0.346. The number of carbonyl (C=O) groups excluding carboxylic acids is 1. The average molecular weight is 333 g/mol. The van der Waals surface area contributed by atoms with Crippen LogP contribution in [0.1, 0.15) is 12.0 Å². The first-order chi connectivity index (χ1) is 11.7. The molecule has 5 heteroatoms. The van der Waals surface area contributed by atoms with Gasteiger partial charge in [0, 0.05) is 5.56 Å². The molecule has 4 nitrogen and oxygen atoms in total. The van der Waals surface area contributed by atoms with Crippen LogP contribution < -0.4 is 5.32 Å². The molecule has 0 aliphatic heterocycles. The third kappa shape index (κ3) is 3.50. The fraction of sp³-hybridized carbons (Fsp3) is 0.105. The summed E-state index contributed by atoms with van der Waals surface area (Å²) in [5.41, 5.74) is 4.06. The van der Waals surface area contributed by atoms with Gasteiger partial charge in [-0.05, 0) is 12.5 Å². The molecule has 1 N–H and O–H groups in total. The highest BCUT2D eigenvalue weighted by molar-refractivity contribution is 7.19. The Balaban J connectivity index is 2.05. The van der Waals surface area contributed by atoms with Crippen LogP contribution >= 0.6 is 11.3 Å². The standard InChI is InChI=1S/C19H15N3OS/c1-13-7-9-15(10-8-13)18-17(14-5-3-2-4-6-14)22-19(24-18)21-16(23)11-12-20/h2-10H,11H2,1H3,(H,21,22,23). The SMILES string of the molecule is Cc1ccc(-c2sc(NC(=O)CC#N)nc2-c2ccccc2)cc1. The van der Waals surface area contributed by atoms with E-state index >= 15 is 0 Å². The molecule has 118 valence electrons. The number of hydrogen-bond acceptors (Lipinski definition) is 4. The molecule has 0 radical (unpaired) electrons. The van der Waals surface area contributed by atoms with Crippen molar-refractivity contribution in [3.63, 3.8) is 0 Å². The highest BCUT2D eigenvalue weighted by Gasteiger charge is 2.16. The van der Waals surface area contributed by atoms with Crippen LogP contribution in [0.25, 0.3) is 21.7 Å². The number of thiazole rings is 1. The van der Waals surface area contributed by atoms with Gasteiger partial charge >= 0.3 is 0 Å². The lowest BCUT2D eigenvalue weighted by Gasteiger charge is -2.03. The van der Waals surface area contributed by atoms with Crippen molar-refractivity contribution in [1.82, 2.24) is 4.98 Å². The van der Waals surface area contributed by atoms with Crippen LogP contribution in [0.4, 0.5) is 5.13 Å². The molecule has 0 fully saturated rings. The molecule has 3 rings (SSSR count). The first-order valence-electron chi connectivity index (χ1n) is 7.47. The van der Waals surface area contributed by atoms with E-state index in [1.807, 2.05) is 43.3 Å². The van der Waals surface area contributed by atoms with E-state index < -0.39 is 0 Å². The summed E-state index contributed by atoms with van der Waals surface area (Å²) >= 11 is 1.42. The first-order valence-corrected chi connectivity index (χ1v) is 8.29. The number of nitrogens with one attached hydrogen (secondary N) is 1. The number of aryl methyl sites for hydroxylation is 1. The Labute approximate surface area is 144 Å². The summed E-state index contributed by atoms with van der Waals surface area (Å²) in [4.78, 5) is 17.3. The maximum Gasteiger partial charge on any atom is 0.240 e. The van der Waals surface area contributed by atoms with Crippen molar-refractivity contribution in [1.29, 1.82) is 5.26 Å². The molecule has 0 saturated carbocycles. The van der Waals surface area contributed by atoms with Gasteiger partial charge in [-0.2, -0.15) is 5.26 Å². The second kappa shape index (κ2) is 7.07. The molecule has 0 spiro atoms. The normalized spacial score (nSPS) is 10.2. The Morgan fingerprint density at radius 1 is 1.12 bits per heavy atom. The monoisotopic (exact) mass is 333 g/mol. The summed E-state index contributed by atoms with van der Waals surface area (Å²) in [6, 6.07) is 19.9. The van der Waals surface area contributed by atoms with Crippen molar-refractivity contribution in [2.24, 2.45) is 0 Å². The van der Waals surface area contributed by atoms with E-state index in [0.717, 1.165) is 21.7 Å². The Hall–Kier alpha value is -2.97. The van der Waals surface area contributed by atoms with E-state index in [9.17, 15) is 4.79 Å². The molecular formula is C19H15N3OS. The minimum absolute atomic E-state index is 0.180. The van der Waals surface area contributed by atoms with Crippen molar-refractivity contribution < 1.29 is 4.79 Å². The van der Waals surface area contributed by atoms with Crippen molar-refractivity contribution in [2.45, 2.75) is 13.3 Å². The van der Waals surface area contributed by atoms with Crippen LogP contribution in [0.3, 0.4) is 0 Å². The van der Waals surface area contributed by atoms with Gasteiger partial charge in [0.15, 0.2) is 5.13 Å². The Morgan fingerprint density at radius 3 is 2.50 bits per heavy atom. The van der Waals surface area contributed by atoms with Gasteiger partial charge in [-0.3, -0.25) is 4.79 Å². The van der Waals surface area contributed by atoms with Gasteiger partial charge in [-0.1, -0.05) is 71.5 Å². The quantitative estimate of drug-likeness (QED) is 0.756. The predicted molar refractivity (Wildman–Crippen MR) is 96.6 cm³/mol. The summed E-state index contributed by atoms with van der Waals surface area (Å²) in [5, 5.41) is 11.8. The van der Waals surface area contributed by atoms with Gasteiger partial charge in [0.25, 0.3) is 0 Å². The second-order valence-corrected chi connectivity index (χ2v) is 6.31. The molecule has 0 aliphatic rings. The first kappa shape index (κ1) is 15.9. The van der Waals surface area contributed by atoms with Gasteiger partial charge in [-0.25, -0.2) is 4.98 Å². The Kier molecular flexibility index (Phi) is 4.69. The topological polar surface area (TPSA) is 65.8 Å². The summed E-state index contributed by atoms with van der Waals surface area (Å²) in [6.45, 7) is 2.04. The Morgan fingerprint density at radius 2 is 1.83 bits per heavy atom. The van der Waals surface area contributed by atoms with E-state index in [2.05, 4.69) is 34.6 Å². The van der Waals surface area contributed by atoms with Crippen LogP contribution in [-0.4, -0.2) is 10.9 Å². The fourth-order valence-electron chi connectivity index (χ4n) is 2.30. The summed E-state index contributed by atoms with van der Waals surface area (Å²) in [6.07, 6.45) is -0.180. The summed E-state index contributed by atoms with van der Waals surface area (Å²) in [7, 11) is 0.